The van der Waals surface area contributed by atoms with Gasteiger partial charge in [0.2, 0.25) is 0 Å². The Morgan fingerprint density at radius 2 is 1.67 bits per heavy atom. The Kier molecular flexibility index (Phi) is 5.94. The van der Waals surface area contributed by atoms with Gasteiger partial charge < -0.3 is 4.74 Å². The van der Waals surface area contributed by atoms with Crippen molar-refractivity contribution in [1.82, 2.24) is 0 Å². The number of halogens is 2. The summed E-state index contributed by atoms with van der Waals surface area (Å²) in [6.07, 6.45) is 3.08. The Bertz CT molecular complexity index is 1010. The summed E-state index contributed by atoms with van der Waals surface area (Å²) < 4.78 is 19.8. The lowest BCUT2D eigenvalue weighted by atomic mass is 10.1. The van der Waals surface area contributed by atoms with Crippen molar-refractivity contribution in [3.8, 4) is 5.75 Å². The molecule has 0 aromatic heterocycles. The molecular weight excluding hydrogens is 411 g/mol. The molecule has 0 aliphatic heterocycles. The van der Waals surface area contributed by atoms with Crippen LogP contribution in [-0.2, 0) is 0 Å². The molecule has 0 fully saturated rings. The molecule has 0 saturated carbocycles. The van der Waals surface area contributed by atoms with Crippen LogP contribution in [0.2, 0.25) is 0 Å². The Labute approximate surface area is 164 Å². The maximum Gasteiger partial charge on any atom is 0.346 e. The summed E-state index contributed by atoms with van der Waals surface area (Å²) in [6.45, 7) is 0. The van der Waals surface area contributed by atoms with Crippen molar-refractivity contribution in [2.45, 2.75) is 0 Å². The number of benzene rings is 3. The lowest BCUT2D eigenvalue weighted by Gasteiger charge is -2.06. The third-order valence-electron chi connectivity index (χ3n) is 3.72. The molecular formula is C22H14BrFO3. The van der Waals surface area contributed by atoms with Crippen LogP contribution in [0.15, 0.2) is 83.3 Å². The van der Waals surface area contributed by atoms with E-state index in [0.29, 0.717) is 11.1 Å². The van der Waals surface area contributed by atoms with Gasteiger partial charge in [-0.05, 0) is 60.2 Å². The SMILES string of the molecule is O=C(/C=C/c1cccc(OC(=O)c2ccccc2F)c1)c1ccc(Br)cc1. The molecule has 0 heterocycles. The van der Waals surface area contributed by atoms with Crippen LogP contribution in [0, 0.1) is 5.82 Å². The fourth-order valence-electron chi connectivity index (χ4n) is 2.35. The van der Waals surface area contributed by atoms with E-state index in [1.165, 1.54) is 24.3 Å². The first-order valence-corrected chi connectivity index (χ1v) is 8.87. The van der Waals surface area contributed by atoms with Crippen LogP contribution in [0.4, 0.5) is 4.39 Å². The second-order valence-electron chi connectivity index (χ2n) is 5.65. The maximum absolute atomic E-state index is 13.7. The van der Waals surface area contributed by atoms with Crippen molar-refractivity contribution < 1.29 is 18.7 Å². The summed E-state index contributed by atoms with van der Waals surface area (Å²) in [4.78, 5) is 24.3. The number of carbonyl (C=O) groups excluding carboxylic acids is 2. The zero-order valence-corrected chi connectivity index (χ0v) is 15.6. The van der Waals surface area contributed by atoms with E-state index in [1.54, 1.807) is 60.7 Å². The summed E-state index contributed by atoms with van der Waals surface area (Å²) in [6, 6.07) is 19.3. The normalized spacial score (nSPS) is 10.7. The van der Waals surface area contributed by atoms with Crippen LogP contribution >= 0.6 is 15.9 Å². The number of hydrogen-bond donors (Lipinski definition) is 0. The predicted molar refractivity (Wildman–Crippen MR) is 105 cm³/mol. The van der Waals surface area contributed by atoms with Gasteiger partial charge in [0.1, 0.15) is 11.6 Å². The smallest absolute Gasteiger partial charge is 0.346 e. The average molecular weight is 425 g/mol. The highest BCUT2D eigenvalue weighted by Crippen LogP contribution is 2.18. The molecule has 134 valence electrons. The van der Waals surface area contributed by atoms with Crippen molar-refractivity contribution in [3.63, 3.8) is 0 Å². The first-order valence-electron chi connectivity index (χ1n) is 8.08. The summed E-state index contributed by atoms with van der Waals surface area (Å²) in [7, 11) is 0. The Balaban J connectivity index is 1.72. The summed E-state index contributed by atoms with van der Waals surface area (Å²) >= 11 is 3.32. The molecule has 0 aliphatic carbocycles. The quantitative estimate of drug-likeness (QED) is 0.228. The van der Waals surface area contributed by atoms with E-state index in [-0.39, 0.29) is 17.1 Å². The maximum atomic E-state index is 13.7. The summed E-state index contributed by atoms with van der Waals surface area (Å²) in [5.41, 5.74) is 1.11. The predicted octanol–water partition coefficient (Wildman–Crippen LogP) is 5.70. The number of ketones is 1. The van der Waals surface area contributed by atoms with Crippen LogP contribution in [0.3, 0.4) is 0 Å². The third kappa shape index (κ3) is 4.99. The van der Waals surface area contributed by atoms with Crippen LogP contribution in [0.5, 0.6) is 5.75 Å². The molecule has 0 aliphatic rings. The molecule has 3 aromatic carbocycles. The van der Waals surface area contributed by atoms with Gasteiger partial charge in [0, 0.05) is 10.0 Å². The Morgan fingerprint density at radius 1 is 0.926 bits per heavy atom. The number of allylic oxidation sites excluding steroid dienone is 1. The van der Waals surface area contributed by atoms with E-state index in [0.717, 1.165) is 4.47 Å². The van der Waals surface area contributed by atoms with E-state index >= 15 is 0 Å². The van der Waals surface area contributed by atoms with Gasteiger partial charge in [-0.2, -0.15) is 0 Å². The average Bonchev–Trinajstić information content (AvgIpc) is 2.67. The first-order chi connectivity index (χ1) is 13.0. The number of rotatable bonds is 5. The third-order valence-corrected chi connectivity index (χ3v) is 4.25. The molecule has 0 spiro atoms. The Hall–Kier alpha value is -3.05. The molecule has 0 atom stereocenters. The van der Waals surface area contributed by atoms with E-state index < -0.39 is 11.8 Å². The van der Waals surface area contributed by atoms with Crippen LogP contribution in [-0.4, -0.2) is 11.8 Å². The van der Waals surface area contributed by atoms with Crippen molar-refractivity contribution in [2.24, 2.45) is 0 Å². The molecule has 0 bridgehead atoms. The fraction of sp³-hybridized carbons (Fsp3) is 0. The minimum Gasteiger partial charge on any atom is -0.423 e. The van der Waals surface area contributed by atoms with E-state index in [1.807, 2.05) is 0 Å². The molecule has 0 saturated heterocycles. The molecule has 5 heteroatoms. The van der Waals surface area contributed by atoms with Crippen molar-refractivity contribution >= 4 is 33.8 Å². The zero-order chi connectivity index (χ0) is 19.2. The second-order valence-corrected chi connectivity index (χ2v) is 6.56. The zero-order valence-electron chi connectivity index (χ0n) is 14.1. The topological polar surface area (TPSA) is 43.4 Å². The van der Waals surface area contributed by atoms with Gasteiger partial charge in [-0.15, -0.1) is 0 Å². The van der Waals surface area contributed by atoms with Gasteiger partial charge in [-0.1, -0.05) is 46.3 Å². The van der Waals surface area contributed by atoms with Crippen LogP contribution < -0.4 is 4.74 Å². The highest BCUT2D eigenvalue weighted by atomic mass is 79.9. The molecule has 0 amide bonds. The minimum atomic E-state index is -0.778. The molecule has 3 aromatic rings. The van der Waals surface area contributed by atoms with E-state index in [4.69, 9.17) is 4.74 Å². The number of carbonyl (C=O) groups is 2. The van der Waals surface area contributed by atoms with E-state index in [9.17, 15) is 14.0 Å². The van der Waals surface area contributed by atoms with E-state index in [2.05, 4.69) is 15.9 Å². The molecule has 0 N–H and O–H groups in total. The summed E-state index contributed by atoms with van der Waals surface area (Å²) in [5, 5.41) is 0. The lowest BCUT2D eigenvalue weighted by Crippen LogP contribution is -2.10. The van der Waals surface area contributed by atoms with Gasteiger partial charge in [0.15, 0.2) is 5.78 Å². The van der Waals surface area contributed by atoms with Crippen molar-refractivity contribution in [2.75, 3.05) is 0 Å². The molecule has 0 unspecified atom stereocenters. The van der Waals surface area contributed by atoms with Gasteiger partial charge in [0.25, 0.3) is 0 Å². The largest absolute Gasteiger partial charge is 0.423 e. The Morgan fingerprint density at radius 3 is 2.41 bits per heavy atom. The number of ether oxygens (including phenoxy) is 1. The number of esters is 1. The van der Waals surface area contributed by atoms with Crippen molar-refractivity contribution in [1.29, 1.82) is 0 Å². The van der Waals surface area contributed by atoms with Crippen molar-refractivity contribution in [3.05, 3.63) is 106 Å². The molecule has 0 radical (unpaired) electrons. The van der Waals surface area contributed by atoms with Gasteiger partial charge in [-0.3, -0.25) is 4.79 Å². The second kappa shape index (κ2) is 8.56. The molecule has 3 nitrogen and oxygen atoms in total. The van der Waals surface area contributed by atoms with Crippen LogP contribution in [0.25, 0.3) is 6.08 Å². The monoisotopic (exact) mass is 424 g/mol. The standard InChI is InChI=1S/C22H14BrFO3/c23-17-11-9-16(10-12-17)21(25)13-8-15-4-3-5-18(14-15)27-22(26)19-6-1-2-7-20(19)24/h1-14H/b13-8+. The number of hydrogen-bond acceptors (Lipinski definition) is 3. The lowest BCUT2D eigenvalue weighted by molar-refractivity contribution is 0.0729. The summed E-state index contributed by atoms with van der Waals surface area (Å²) in [5.74, 6) is -1.29. The van der Waals surface area contributed by atoms with Crippen LogP contribution in [0.1, 0.15) is 26.3 Å². The minimum absolute atomic E-state index is 0.135. The van der Waals surface area contributed by atoms with Gasteiger partial charge >= 0.3 is 5.97 Å². The highest BCUT2D eigenvalue weighted by Gasteiger charge is 2.13. The molecule has 3 rings (SSSR count). The first kappa shape index (κ1) is 18.7. The van der Waals surface area contributed by atoms with Gasteiger partial charge in [-0.25, -0.2) is 9.18 Å². The van der Waals surface area contributed by atoms with Gasteiger partial charge in [0.05, 0.1) is 5.56 Å². The highest BCUT2D eigenvalue weighted by molar-refractivity contribution is 9.10. The fourth-order valence-corrected chi connectivity index (χ4v) is 2.62. The molecule has 27 heavy (non-hydrogen) atoms.